The third-order valence-electron chi connectivity index (χ3n) is 5.35. The van der Waals surface area contributed by atoms with Crippen molar-refractivity contribution in [3.63, 3.8) is 0 Å². The van der Waals surface area contributed by atoms with Crippen LogP contribution in [-0.4, -0.2) is 82.9 Å². The molecule has 2 N–H and O–H groups in total. The Labute approximate surface area is 173 Å². The Kier molecular flexibility index (Phi) is 7.57. The van der Waals surface area contributed by atoms with Gasteiger partial charge in [-0.3, -0.25) is 4.79 Å². The number of aliphatic imine (C=N–C) groups is 1. The summed E-state index contributed by atoms with van der Waals surface area (Å²) in [5, 5.41) is 6.86. The molecule has 0 radical (unpaired) electrons. The number of nitrogens with one attached hydrogen (secondary N) is 2. The van der Waals surface area contributed by atoms with E-state index in [0.717, 1.165) is 50.4 Å². The summed E-state index contributed by atoms with van der Waals surface area (Å²) >= 11 is 0. The zero-order valence-corrected chi connectivity index (χ0v) is 17.7. The number of hydrogen-bond donors (Lipinski definition) is 2. The molecule has 8 heteroatoms. The average Bonchev–Trinajstić information content (AvgIpc) is 3.41. The Morgan fingerprint density at radius 1 is 1.34 bits per heavy atom. The molecule has 1 aromatic carbocycles. The highest BCUT2D eigenvalue weighted by Gasteiger charge is 2.26. The van der Waals surface area contributed by atoms with Crippen LogP contribution in [0, 0.1) is 0 Å². The smallest absolute Gasteiger partial charge is 0.243 e. The summed E-state index contributed by atoms with van der Waals surface area (Å²) in [6.07, 6.45) is 3.35. The van der Waals surface area contributed by atoms with Crippen LogP contribution in [0.3, 0.4) is 0 Å². The molecule has 0 aromatic heterocycles. The van der Waals surface area contributed by atoms with Crippen molar-refractivity contribution in [2.24, 2.45) is 4.99 Å². The highest BCUT2D eigenvalue weighted by Crippen LogP contribution is 2.30. The summed E-state index contributed by atoms with van der Waals surface area (Å²) < 4.78 is 11.2. The molecule has 2 atom stereocenters. The summed E-state index contributed by atoms with van der Waals surface area (Å²) in [6, 6.07) is 8.32. The van der Waals surface area contributed by atoms with E-state index in [0.29, 0.717) is 12.5 Å². The zero-order valence-electron chi connectivity index (χ0n) is 17.7. The maximum Gasteiger partial charge on any atom is 0.243 e. The fourth-order valence-electron chi connectivity index (χ4n) is 3.64. The van der Waals surface area contributed by atoms with E-state index >= 15 is 0 Å². The molecule has 0 saturated carbocycles. The van der Waals surface area contributed by atoms with Crippen LogP contribution in [0.2, 0.25) is 0 Å². The molecule has 1 aromatic rings. The van der Waals surface area contributed by atoms with Crippen molar-refractivity contribution in [3.8, 4) is 5.75 Å². The van der Waals surface area contributed by atoms with Gasteiger partial charge in [0.05, 0.1) is 18.9 Å². The van der Waals surface area contributed by atoms with Crippen molar-refractivity contribution in [2.75, 3.05) is 58.9 Å². The average molecular weight is 404 g/mol. The van der Waals surface area contributed by atoms with Gasteiger partial charge in [-0.15, -0.1) is 0 Å². The number of nitrogens with zero attached hydrogens (tertiary/aromatic N) is 3. The summed E-state index contributed by atoms with van der Waals surface area (Å²) in [7, 11) is 5.19. The minimum atomic E-state index is -0.0229. The van der Waals surface area contributed by atoms with Gasteiger partial charge in [-0.05, 0) is 31.4 Å². The minimum Gasteiger partial charge on any atom is -0.495 e. The number of rotatable bonds is 7. The third-order valence-corrected chi connectivity index (χ3v) is 5.35. The number of anilines is 1. The molecule has 3 rings (SSSR count). The lowest BCUT2D eigenvalue weighted by molar-refractivity contribution is -0.127. The summed E-state index contributed by atoms with van der Waals surface area (Å²) in [5.74, 6) is 1.53. The lowest BCUT2D eigenvalue weighted by atomic mass is 10.2. The molecule has 2 fully saturated rings. The third kappa shape index (κ3) is 6.00. The Hall–Kier alpha value is -2.48. The number of amides is 1. The van der Waals surface area contributed by atoms with Crippen molar-refractivity contribution in [2.45, 2.75) is 31.4 Å². The molecule has 2 aliphatic rings. The fourth-order valence-corrected chi connectivity index (χ4v) is 3.64. The predicted molar refractivity (Wildman–Crippen MR) is 115 cm³/mol. The number of carbonyl (C=O) groups excluding carboxylic acids is 1. The van der Waals surface area contributed by atoms with Gasteiger partial charge in [0.25, 0.3) is 0 Å². The van der Waals surface area contributed by atoms with Crippen LogP contribution in [0.15, 0.2) is 29.3 Å². The second-order valence-corrected chi connectivity index (χ2v) is 7.72. The van der Waals surface area contributed by atoms with Crippen LogP contribution in [-0.2, 0) is 9.53 Å². The van der Waals surface area contributed by atoms with E-state index in [4.69, 9.17) is 9.47 Å². The van der Waals surface area contributed by atoms with Crippen LogP contribution in [0.1, 0.15) is 19.3 Å². The van der Waals surface area contributed by atoms with Crippen molar-refractivity contribution < 1.29 is 14.3 Å². The molecule has 29 heavy (non-hydrogen) atoms. The van der Waals surface area contributed by atoms with Crippen molar-refractivity contribution in [1.82, 2.24) is 15.5 Å². The molecule has 160 valence electrons. The Morgan fingerprint density at radius 3 is 2.90 bits per heavy atom. The lowest BCUT2D eigenvalue weighted by Crippen LogP contribution is -2.47. The van der Waals surface area contributed by atoms with Gasteiger partial charge in [0.15, 0.2) is 5.96 Å². The van der Waals surface area contributed by atoms with Crippen molar-refractivity contribution in [1.29, 1.82) is 0 Å². The number of carbonyl (C=O) groups is 1. The first-order valence-corrected chi connectivity index (χ1v) is 10.3. The summed E-state index contributed by atoms with van der Waals surface area (Å²) in [4.78, 5) is 20.3. The summed E-state index contributed by atoms with van der Waals surface area (Å²) in [6.45, 7) is 3.43. The Morgan fingerprint density at radius 2 is 2.17 bits per heavy atom. The van der Waals surface area contributed by atoms with Crippen molar-refractivity contribution >= 4 is 17.6 Å². The molecule has 0 spiro atoms. The summed E-state index contributed by atoms with van der Waals surface area (Å²) in [5.41, 5.74) is 1.10. The topological polar surface area (TPSA) is 78.4 Å². The quantitative estimate of drug-likeness (QED) is 0.524. The number of methoxy groups -OCH3 is 1. The van der Waals surface area contributed by atoms with Crippen LogP contribution >= 0.6 is 0 Å². The first-order chi connectivity index (χ1) is 14.1. The van der Waals surface area contributed by atoms with Gasteiger partial charge in [0, 0.05) is 46.4 Å². The van der Waals surface area contributed by atoms with E-state index in [-0.39, 0.29) is 24.6 Å². The highest BCUT2D eigenvalue weighted by molar-refractivity contribution is 5.85. The largest absolute Gasteiger partial charge is 0.495 e. The van der Waals surface area contributed by atoms with Crippen molar-refractivity contribution in [3.05, 3.63) is 24.3 Å². The molecule has 2 unspecified atom stereocenters. The van der Waals surface area contributed by atoms with Gasteiger partial charge in [0.2, 0.25) is 5.91 Å². The van der Waals surface area contributed by atoms with Crippen LogP contribution < -0.4 is 20.3 Å². The lowest BCUT2D eigenvalue weighted by Gasteiger charge is -2.22. The van der Waals surface area contributed by atoms with Crippen LogP contribution in [0.5, 0.6) is 5.75 Å². The van der Waals surface area contributed by atoms with E-state index in [1.807, 2.05) is 18.2 Å². The number of benzene rings is 1. The second kappa shape index (κ2) is 10.3. The van der Waals surface area contributed by atoms with E-state index in [1.54, 1.807) is 26.1 Å². The number of para-hydroxylation sites is 2. The fraction of sp³-hybridized carbons (Fsp3) is 0.619. The van der Waals surface area contributed by atoms with E-state index in [9.17, 15) is 4.79 Å². The van der Waals surface area contributed by atoms with Gasteiger partial charge >= 0.3 is 0 Å². The van der Waals surface area contributed by atoms with Gasteiger partial charge in [-0.1, -0.05) is 12.1 Å². The Balaban J connectivity index is 1.60. The first kappa shape index (κ1) is 21.2. The van der Waals surface area contributed by atoms with Crippen LogP contribution in [0.4, 0.5) is 5.69 Å². The molecule has 2 aliphatic heterocycles. The second-order valence-electron chi connectivity index (χ2n) is 7.72. The van der Waals surface area contributed by atoms with Crippen LogP contribution in [0.25, 0.3) is 0 Å². The molecule has 0 bridgehead atoms. The Bertz CT molecular complexity index is 703. The highest BCUT2D eigenvalue weighted by atomic mass is 16.5. The monoisotopic (exact) mass is 403 g/mol. The predicted octanol–water partition coefficient (Wildman–Crippen LogP) is 1.08. The van der Waals surface area contributed by atoms with Gasteiger partial charge < -0.3 is 29.9 Å². The SMILES string of the molecule is COc1ccccc1N1CCC(NC(=NCC(=O)N(C)C)NCC2CCCO2)C1. The normalized spacial score (nSPS) is 21.9. The molecule has 1 amide bonds. The van der Waals surface area contributed by atoms with E-state index in [1.165, 1.54) is 0 Å². The molecule has 0 aliphatic carbocycles. The maximum atomic E-state index is 12.0. The standard InChI is InChI=1S/C21H33N5O3/c1-25(2)20(27)14-23-21(22-13-17-7-6-12-29-17)24-16-10-11-26(15-16)18-8-4-5-9-19(18)28-3/h4-5,8-9,16-17H,6-7,10-15H2,1-3H3,(H2,22,23,24). The number of ether oxygens (including phenoxy) is 2. The first-order valence-electron chi connectivity index (χ1n) is 10.3. The van der Waals surface area contributed by atoms with Gasteiger partial charge in [0.1, 0.15) is 12.3 Å². The molecular formula is C21H33N5O3. The van der Waals surface area contributed by atoms with E-state index < -0.39 is 0 Å². The minimum absolute atomic E-state index is 0.0229. The van der Waals surface area contributed by atoms with Gasteiger partial charge in [-0.2, -0.15) is 0 Å². The number of guanidine groups is 1. The molecular weight excluding hydrogens is 370 g/mol. The molecule has 2 heterocycles. The van der Waals surface area contributed by atoms with Gasteiger partial charge in [-0.25, -0.2) is 4.99 Å². The molecule has 2 saturated heterocycles. The number of hydrogen-bond acceptors (Lipinski definition) is 5. The molecule has 8 nitrogen and oxygen atoms in total. The number of likely N-dealkylation sites (N-methyl/N-ethyl adjacent to an activating group) is 1. The van der Waals surface area contributed by atoms with E-state index in [2.05, 4.69) is 26.6 Å². The zero-order chi connectivity index (χ0) is 20.6. The maximum absolute atomic E-state index is 12.0.